The molecule has 4 rings (SSSR count). The van der Waals surface area contributed by atoms with Crippen molar-refractivity contribution in [2.75, 3.05) is 5.75 Å². The van der Waals surface area contributed by atoms with Crippen LogP contribution in [0.25, 0.3) is 0 Å². The average Bonchev–Trinajstić information content (AvgIpc) is 3.04. The second-order valence-corrected chi connectivity index (χ2v) is 8.94. The molecular weight excluding hydrogens is 332 g/mol. The number of nitrogens with one attached hydrogen (secondary N) is 1. The van der Waals surface area contributed by atoms with Crippen LogP contribution in [-0.2, 0) is 11.3 Å². The summed E-state index contributed by atoms with van der Waals surface area (Å²) in [5.74, 6) is 4.56. The van der Waals surface area contributed by atoms with Gasteiger partial charge in [0, 0.05) is 18.5 Å². The van der Waals surface area contributed by atoms with Gasteiger partial charge in [-0.2, -0.15) is 0 Å². The zero-order valence-corrected chi connectivity index (χ0v) is 15.8. The molecule has 1 aromatic rings. The lowest BCUT2D eigenvalue weighted by Gasteiger charge is -2.28. The van der Waals surface area contributed by atoms with E-state index in [0.29, 0.717) is 24.1 Å². The molecule has 0 aliphatic heterocycles. The first-order valence-electron chi connectivity index (χ1n) is 9.61. The molecule has 1 aromatic heterocycles. The van der Waals surface area contributed by atoms with E-state index in [9.17, 15) is 4.79 Å². The van der Waals surface area contributed by atoms with E-state index < -0.39 is 0 Å². The summed E-state index contributed by atoms with van der Waals surface area (Å²) >= 11 is 1.49. The van der Waals surface area contributed by atoms with Gasteiger partial charge in [0.2, 0.25) is 5.91 Å². The quantitative estimate of drug-likeness (QED) is 0.570. The molecule has 4 atom stereocenters. The number of nitrogens with zero attached hydrogens (tertiary/aromatic N) is 3. The second kappa shape index (κ2) is 7.14. The van der Waals surface area contributed by atoms with Crippen molar-refractivity contribution in [1.82, 2.24) is 20.1 Å². The summed E-state index contributed by atoms with van der Waals surface area (Å²) in [5.41, 5.74) is 0. The number of carbonyl (C=O) groups excluding carboxylic acids is 1. The molecule has 5 nitrogen and oxygen atoms in total. The lowest BCUT2D eigenvalue weighted by molar-refractivity contribution is -0.119. The van der Waals surface area contributed by atoms with Crippen molar-refractivity contribution in [2.45, 2.75) is 69.1 Å². The van der Waals surface area contributed by atoms with Crippen LogP contribution in [0.4, 0.5) is 0 Å². The zero-order chi connectivity index (χ0) is 17.4. The third kappa shape index (κ3) is 3.64. The summed E-state index contributed by atoms with van der Waals surface area (Å²) in [7, 11) is 0. The van der Waals surface area contributed by atoms with E-state index in [1.165, 1.54) is 50.3 Å². The molecule has 0 unspecified atom stereocenters. The number of thioether (sulfide) groups is 1. The Morgan fingerprint density at radius 1 is 1.36 bits per heavy atom. The Hall–Kier alpha value is -1.30. The molecule has 0 spiro atoms. The first kappa shape index (κ1) is 17.1. The predicted octanol–water partition coefficient (Wildman–Crippen LogP) is 3.37. The van der Waals surface area contributed by atoms with Crippen molar-refractivity contribution in [1.29, 1.82) is 0 Å². The van der Waals surface area contributed by atoms with E-state index in [1.807, 2.05) is 6.08 Å². The standard InChI is InChI=1S/C19H28N4OS/c1-3-8-23-18(14-6-7-14)21-22-19(23)25-11-17(24)20-12(2)16-10-13-4-5-15(16)9-13/h3,12-16H,1,4-11H2,2H3,(H,20,24)/t12-,13+,15+,16+/m1/s1. The number of allylic oxidation sites excluding steroid dienone is 1. The summed E-state index contributed by atoms with van der Waals surface area (Å²) in [5, 5.41) is 12.7. The van der Waals surface area contributed by atoms with Crippen LogP contribution in [0.2, 0.25) is 0 Å². The van der Waals surface area contributed by atoms with E-state index in [0.717, 1.165) is 22.8 Å². The molecule has 0 radical (unpaired) electrons. The van der Waals surface area contributed by atoms with E-state index in [-0.39, 0.29) is 11.9 Å². The van der Waals surface area contributed by atoms with Crippen LogP contribution in [0.3, 0.4) is 0 Å². The number of amides is 1. The Balaban J connectivity index is 1.30. The van der Waals surface area contributed by atoms with Crippen LogP contribution >= 0.6 is 11.8 Å². The van der Waals surface area contributed by atoms with Crippen LogP contribution in [0.15, 0.2) is 17.8 Å². The Kier molecular flexibility index (Phi) is 4.89. The fraction of sp³-hybridized carbons (Fsp3) is 0.737. The number of rotatable bonds is 8. The van der Waals surface area contributed by atoms with Gasteiger partial charge in [-0.1, -0.05) is 24.3 Å². The monoisotopic (exact) mass is 360 g/mol. The first-order chi connectivity index (χ1) is 12.2. The molecule has 25 heavy (non-hydrogen) atoms. The molecule has 3 fully saturated rings. The molecule has 0 aromatic carbocycles. The molecule has 2 bridgehead atoms. The molecule has 1 N–H and O–H groups in total. The highest BCUT2D eigenvalue weighted by Crippen LogP contribution is 2.49. The number of aromatic nitrogens is 3. The molecule has 3 aliphatic carbocycles. The normalized spacial score (nSPS) is 28.9. The van der Waals surface area contributed by atoms with Gasteiger partial charge in [-0.15, -0.1) is 16.8 Å². The Morgan fingerprint density at radius 2 is 2.20 bits per heavy atom. The van der Waals surface area contributed by atoms with E-state index in [1.54, 1.807) is 0 Å². The minimum Gasteiger partial charge on any atom is -0.353 e. The summed E-state index contributed by atoms with van der Waals surface area (Å²) in [4.78, 5) is 12.4. The van der Waals surface area contributed by atoms with Crippen molar-refractivity contribution in [3.63, 3.8) is 0 Å². The number of hydrogen-bond acceptors (Lipinski definition) is 4. The summed E-state index contributed by atoms with van der Waals surface area (Å²) < 4.78 is 2.11. The van der Waals surface area contributed by atoms with Crippen molar-refractivity contribution < 1.29 is 4.79 Å². The predicted molar refractivity (Wildman–Crippen MR) is 99.5 cm³/mol. The van der Waals surface area contributed by atoms with Gasteiger partial charge < -0.3 is 9.88 Å². The van der Waals surface area contributed by atoms with E-state index in [4.69, 9.17) is 0 Å². The fourth-order valence-corrected chi connectivity index (χ4v) is 5.56. The topological polar surface area (TPSA) is 59.8 Å². The summed E-state index contributed by atoms with van der Waals surface area (Å²) in [6, 6.07) is 0.288. The Bertz CT molecular complexity index is 654. The van der Waals surface area contributed by atoms with Gasteiger partial charge in [-0.25, -0.2) is 0 Å². The molecule has 1 heterocycles. The Labute approximate surface area is 154 Å². The molecule has 1 amide bonds. The van der Waals surface area contributed by atoms with Crippen LogP contribution < -0.4 is 5.32 Å². The largest absolute Gasteiger partial charge is 0.353 e. The van der Waals surface area contributed by atoms with Gasteiger partial charge in [-0.05, 0) is 56.8 Å². The molecule has 6 heteroatoms. The third-order valence-corrected chi connectivity index (χ3v) is 7.12. The van der Waals surface area contributed by atoms with Gasteiger partial charge in [0.15, 0.2) is 5.16 Å². The Morgan fingerprint density at radius 3 is 2.84 bits per heavy atom. The third-order valence-electron chi connectivity index (χ3n) is 6.16. The number of hydrogen-bond donors (Lipinski definition) is 1. The van der Waals surface area contributed by atoms with Crippen molar-refractivity contribution >= 4 is 17.7 Å². The average molecular weight is 361 g/mol. The van der Waals surface area contributed by atoms with Crippen LogP contribution in [0.1, 0.15) is 57.2 Å². The molecule has 136 valence electrons. The van der Waals surface area contributed by atoms with Crippen LogP contribution in [-0.4, -0.2) is 32.5 Å². The van der Waals surface area contributed by atoms with Gasteiger partial charge in [-0.3, -0.25) is 4.79 Å². The molecule has 0 saturated heterocycles. The summed E-state index contributed by atoms with van der Waals surface area (Å²) in [6.07, 6.45) is 9.71. The first-order valence-corrected chi connectivity index (χ1v) is 10.6. The minimum atomic E-state index is 0.112. The van der Waals surface area contributed by atoms with Gasteiger partial charge in [0.25, 0.3) is 0 Å². The van der Waals surface area contributed by atoms with E-state index >= 15 is 0 Å². The van der Waals surface area contributed by atoms with E-state index in [2.05, 4.69) is 33.6 Å². The maximum absolute atomic E-state index is 12.4. The fourth-order valence-electron chi connectivity index (χ4n) is 4.79. The molecular formula is C19H28N4OS. The highest BCUT2D eigenvalue weighted by Gasteiger charge is 2.42. The minimum absolute atomic E-state index is 0.112. The lowest BCUT2D eigenvalue weighted by Crippen LogP contribution is -2.40. The van der Waals surface area contributed by atoms with Gasteiger partial charge in [0.05, 0.1) is 5.75 Å². The summed E-state index contributed by atoms with van der Waals surface area (Å²) in [6.45, 7) is 6.72. The molecule has 3 saturated carbocycles. The van der Waals surface area contributed by atoms with Gasteiger partial charge >= 0.3 is 0 Å². The smallest absolute Gasteiger partial charge is 0.230 e. The zero-order valence-electron chi connectivity index (χ0n) is 15.0. The van der Waals surface area contributed by atoms with Crippen molar-refractivity contribution in [2.24, 2.45) is 17.8 Å². The van der Waals surface area contributed by atoms with Crippen molar-refractivity contribution in [3.8, 4) is 0 Å². The SMILES string of the molecule is C=CCn1c(SCC(=O)N[C@H](C)[C@@H]2C[C@H]3CC[C@H]2C3)nnc1C1CC1. The van der Waals surface area contributed by atoms with Crippen molar-refractivity contribution in [3.05, 3.63) is 18.5 Å². The van der Waals surface area contributed by atoms with Crippen LogP contribution in [0, 0.1) is 17.8 Å². The lowest BCUT2D eigenvalue weighted by atomic mass is 9.84. The maximum atomic E-state index is 12.4. The van der Waals surface area contributed by atoms with Crippen LogP contribution in [0.5, 0.6) is 0 Å². The van der Waals surface area contributed by atoms with Gasteiger partial charge in [0.1, 0.15) is 5.82 Å². The highest BCUT2D eigenvalue weighted by atomic mass is 32.2. The highest BCUT2D eigenvalue weighted by molar-refractivity contribution is 7.99. The second-order valence-electron chi connectivity index (χ2n) is 8.00. The number of carbonyl (C=O) groups is 1. The number of fused-ring (bicyclic) bond motifs is 2. The maximum Gasteiger partial charge on any atom is 0.230 e. The molecule has 3 aliphatic rings.